The number of aromatic nitrogens is 1. The SMILES string of the molecule is CS(=O)(=O)c1ccccc1C=CN1CCN(Cc2ccc[nH]c2=O)CC1. The van der Waals surface area contributed by atoms with E-state index < -0.39 is 9.84 Å². The molecule has 1 aromatic carbocycles. The molecule has 0 aliphatic carbocycles. The van der Waals surface area contributed by atoms with Crippen LogP contribution in [0.15, 0.2) is 58.5 Å². The van der Waals surface area contributed by atoms with Gasteiger partial charge in [0, 0.05) is 50.7 Å². The Labute approximate surface area is 153 Å². The van der Waals surface area contributed by atoms with Gasteiger partial charge >= 0.3 is 0 Å². The van der Waals surface area contributed by atoms with Crippen molar-refractivity contribution < 1.29 is 8.42 Å². The Morgan fingerprint density at radius 1 is 1.08 bits per heavy atom. The molecule has 3 rings (SSSR count). The standard InChI is InChI=1S/C19H23N3O3S/c1-26(24,25)18-7-3-2-5-16(18)8-10-21-11-13-22(14-12-21)15-17-6-4-9-20-19(17)23/h2-10H,11-15H2,1H3,(H,20,23). The van der Waals surface area contributed by atoms with Gasteiger partial charge in [0.1, 0.15) is 0 Å². The van der Waals surface area contributed by atoms with Gasteiger partial charge in [0.2, 0.25) is 0 Å². The number of hydrogen-bond donors (Lipinski definition) is 1. The number of aromatic amines is 1. The highest BCUT2D eigenvalue weighted by Crippen LogP contribution is 2.17. The molecule has 138 valence electrons. The normalized spacial score (nSPS) is 16.3. The number of hydrogen-bond acceptors (Lipinski definition) is 5. The molecule has 2 heterocycles. The van der Waals surface area contributed by atoms with Crippen LogP contribution in [0, 0.1) is 0 Å². The Balaban J connectivity index is 1.60. The number of nitrogens with zero attached hydrogens (tertiary/aromatic N) is 2. The average Bonchev–Trinajstić information content (AvgIpc) is 2.62. The summed E-state index contributed by atoms with van der Waals surface area (Å²) in [5.41, 5.74) is 1.44. The summed E-state index contributed by atoms with van der Waals surface area (Å²) in [6, 6.07) is 10.7. The lowest BCUT2D eigenvalue weighted by Gasteiger charge is -2.33. The van der Waals surface area contributed by atoms with Gasteiger partial charge in [-0.15, -0.1) is 0 Å². The summed E-state index contributed by atoms with van der Waals surface area (Å²) < 4.78 is 23.7. The lowest BCUT2D eigenvalue weighted by atomic mass is 10.2. The molecule has 0 bridgehead atoms. The second-order valence-corrected chi connectivity index (χ2v) is 8.45. The van der Waals surface area contributed by atoms with Gasteiger partial charge in [-0.2, -0.15) is 0 Å². The highest BCUT2D eigenvalue weighted by atomic mass is 32.2. The van der Waals surface area contributed by atoms with Gasteiger partial charge < -0.3 is 9.88 Å². The Bertz CT molecular complexity index is 942. The van der Waals surface area contributed by atoms with Crippen LogP contribution >= 0.6 is 0 Å². The zero-order chi connectivity index (χ0) is 18.6. The predicted octanol–water partition coefficient (Wildman–Crippen LogP) is 1.57. The minimum atomic E-state index is -3.24. The average molecular weight is 373 g/mol. The van der Waals surface area contributed by atoms with Crippen molar-refractivity contribution in [3.8, 4) is 0 Å². The first-order chi connectivity index (χ1) is 12.4. The number of piperazine rings is 1. The maximum atomic E-state index is 11.9. The molecule has 0 saturated carbocycles. The first-order valence-corrected chi connectivity index (χ1v) is 10.4. The summed E-state index contributed by atoms with van der Waals surface area (Å²) in [5.74, 6) is 0. The maximum absolute atomic E-state index is 11.9. The lowest BCUT2D eigenvalue weighted by molar-refractivity contribution is 0.162. The molecule has 0 atom stereocenters. The molecular weight excluding hydrogens is 350 g/mol. The Kier molecular flexibility index (Phi) is 5.58. The van der Waals surface area contributed by atoms with E-state index in [1.165, 1.54) is 6.26 Å². The number of benzene rings is 1. The highest BCUT2D eigenvalue weighted by Gasteiger charge is 2.16. The summed E-state index contributed by atoms with van der Waals surface area (Å²) in [5, 5.41) is 0. The van der Waals surface area contributed by atoms with Crippen LogP contribution in [-0.2, 0) is 16.4 Å². The van der Waals surface area contributed by atoms with E-state index in [2.05, 4.69) is 14.8 Å². The number of nitrogens with one attached hydrogen (secondary N) is 1. The van der Waals surface area contributed by atoms with Gasteiger partial charge in [-0.3, -0.25) is 9.69 Å². The number of H-pyrrole nitrogens is 1. The lowest BCUT2D eigenvalue weighted by Crippen LogP contribution is -2.44. The number of rotatable bonds is 5. The monoisotopic (exact) mass is 373 g/mol. The second kappa shape index (κ2) is 7.88. The van der Waals surface area contributed by atoms with Crippen LogP contribution in [0.5, 0.6) is 0 Å². The maximum Gasteiger partial charge on any atom is 0.252 e. The Morgan fingerprint density at radius 3 is 2.50 bits per heavy atom. The van der Waals surface area contributed by atoms with Crippen LogP contribution in [0.2, 0.25) is 0 Å². The topological polar surface area (TPSA) is 73.5 Å². The quantitative estimate of drug-likeness (QED) is 0.861. The van der Waals surface area contributed by atoms with E-state index >= 15 is 0 Å². The molecule has 0 amide bonds. The first kappa shape index (κ1) is 18.4. The first-order valence-electron chi connectivity index (χ1n) is 8.54. The van der Waals surface area contributed by atoms with Gasteiger partial charge in [0.15, 0.2) is 9.84 Å². The summed E-state index contributed by atoms with van der Waals surface area (Å²) in [7, 11) is -3.24. The van der Waals surface area contributed by atoms with Crippen molar-refractivity contribution in [3.05, 3.63) is 70.3 Å². The van der Waals surface area contributed by atoms with Crippen molar-refractivity contribution in [2.75, 3.05) is 32.4 Å². The Morgan fingerprint density at radius 2 is 1.81 bits per heavy atom. The minimum Gasteiger partial charge on any atom is -0.375 e. The third-order valence-corrected chi connectivity index (χ3v) is 5.65. The van der Waals surface area contributed by atoms with Crippen molar-refractivity contribution in [2.24, 2.45) is 0 Å². The largest absolute Gasteiger partial charge is 0.375 e. The van der Waals surface area contributed by atoms with Crippen LogP contribution in [0.4, 0.5) is 0 Å². The van der Waals surface area contributed by atoms with Gasteiger partial charge in [0.25, 0.3) is 5.56 Å². The smallest absolute Gasteiger partial charge is 0.252 e. The molecule has 26 heavy (non-hydrogen) atoms. The molecular formula is C19H23N3O3S. The third kappa shape index (κ3) is 4.62. The van der Waals surface area contributed by atoms with Crippen LogP contribution < -0.4 is 5.56 Å². The molecule has 0 spiro atoms. The van der Waals surface area contributed by atoms with E-state index in [9.17, 15) is 13.2 Å². The van der Waals surface area contributed by atoms with Crippen LogP contribution in [0.25, 0.3) is 6.08 Å². The molecule has 1 aliphatic heterocycles. The summed E-state index contributed by atoms with van der Waals surface area (Å²) in [4.78, 5) is 19.2. The van der Waals surface area contributed by atoms with Crippen molar-refractivity contribution in [1.29, 1.82) is 0 Å². The fraction of sp³-hybridized carbons (Fsp3) is 0.316. The van der Waals surface area contributed by atoms with Crippen LogP contribution in [0.3, 0.4) is 0 Å². The van der Waals surface area contributed by atoms with E-state index in [0.717, 1.165) is 31.7 Å². The molecule has 2 aromatic rings. The third-order valence-electron chi connectivity index (χ3n) is 4.48. The van der Waals surface area contributed by atoms with Gasteiger partial charge in [-0.1, -0.05) is 24.3 Å². The van der Waals surface area contributed by atoms with E-state index in [-0.39, 0.29) is 5.56 Å². The minimum absolute atomic E-state index is 0.0350. The molecule has 7 heteroatoms. The van der Waals surface area contributed by atoms with Crippen LogP contribution in [-0.4, -0.2) is 55.6 Å². The van der Waals surface area contributed by atoms with Gasteiger partial charge in [-0.25, -0.2) is 8.42 Å². The van der Waals surface area contributed by atoms with Gasteiger partial charge in [0.05, 0.1) is 4.90 Å². The molecule has 1 saturated heterocycles. The van der Waals surface area contributed by atoms with Crippen LogP contribution in [0.1, 0.15) is 11.1 Å². The zero-order valence-corrected chi connectivity index (χ0v) is 15.6. The molecule has 1 N–H and O–H groups in total. The second-order valence-electron chi connectivity index (χ2n) is 6.46. The van der Waals surface area contributed by atoms with E-state index in [4.69, 9.17) is 0 Å². The van der Waals surface area contributed by atoms with Gasteiger partial charge in [-0.05, 0) is 30.0 Å². The van der Waals surface area contributed by atoms with Crippen molar-refractivity contribution in [3.63, 3.8) is 0 Å². The molecule has 0 radical (unpaired) electrons. The zero-order valence-electron chi connectivity index (χ0n) is 14.8. The molecule has 6 nitrogen and oxygen atoms in total. The Hall–Kier alpha value is -2.38. The van der Waals surface area contributed by atoms with Crippen molar-refractivity contribution in [1.82, 2.24) is 14.8 Å². The molecule has 1 fully saturated rings. The predicted molar refractivity (Wildman–Crippen MR) is 102 cm³/mol. The fourth-order valence-electron chi connectivity index (χ4n) is 3.03. The molecule has 1 aliphatic rings. The fourth-order valence-corrected chi connectivity index (χ4v) is 3.92. The molecule has 1 aromatic heterocycles. The summed E-state index contributed by atoms with van der Waals surface area (Å²) in [6.45, 7) is 4.02. The van der Waals surface area contributed by atoms with E-state index in [1.54, 1.807) is 18.3 Å². The molecule has 0 unspecified atom stereocenters. The van der Waals surface area contributed by atoms with E-state index in [0.29, 0.717) is 17.0 Å². The number of pyridine rings is 1. The summed E-state index contributed by atoms with van der Waals surface area (Å²) >= 11 is 0. The number of sulfone groups is 1. The van der Waals surface area contributed by atoms with Crippen molar-refractivity contribution >= 4 is 15.9 Å². The van der Waals surface area contributed by atoms with E-state index in [1.807, 2.05) is 36.5 Å². The highest BCUT2D eigenvalue weighted by molar-refractivity contribution is 7.90. The summed E-state index contributed by atoms with van der Waals surface area (Å²) in [6.07, 6.45) is 6.68. The van der Waals surface area contributed by atoms with Crippen molar-refractivity contribution in [2.45, 2.75) is 11.4 Å².